The Morgan fingerprint density at radius 3 is 2.05 bits per heavy atom. The second-order valence-corrected chi connectivity index (χ2v) is 15.9. The van der Waals surface area contributed by atoms with Gasteiger partial charge in [-0.1, -0.05) is 107 Å². The number of hydrogen-bond donors (Lipinski definition) is 5. The van der Waals surface area contributed by atoms with Crippen LogP contribution in [0.3, 0.4) is 0 Å². The lowest BCUT2D eigenvalue weighted by molar-refractivity contribution is -0.161. The topological polar surface area (TPSA) is 195 Å². The summed E-state index contributed by atoms with van der Waals surface area (Å²) in [6, 6.07) is 0. The quantitative estimate of drug-likeness (QED) is 0.0182. The van der Waals surface area contributed by atoms with Crippen LogP contribution in [0.1, 0.15) is 136 Å². The van der Waals surface area contributed by atoms with E-state index in [2.05, 4.69) is 50.3 Å². The normalized spacial score (nSPS) is 21.2. The average Bonchev–Trinajstić information content (AvgIpc) is 3.44. The fourth-order valence-electron chi connectivity index (χ4n) is 6.22. The highest BCUT2D eigenvalue weighted by atomic mass is 31.2. The molecule has 322 valence electrons. The van der Waals surface area contributed by atoms with E-state index in [9.17, 15) is 34.4 Å². The van der Waals surface area contributed by atoms with Crippen molar-refractivity contribution in [3.8, 4) is 0 Å². The molecule has 6 N–H and O–H groups in total. The van der Waals surface area contributed by atoms with Gasteiger partial charge in [-0.15, -0.1) is 0 Å². The van der Waals surface area contributed by atoms with E-state index in [0.29, 0.717) is 32.1 Å². The van der Waals surface area contributed by atoms with Crippen LogP contribution in [0.15, 0.2) is 60.8 Å². The van der Waals surface area contributed by atoms with Crippen LogP contribution in [0, 0.1) is 11.8 Å². The van der Waals surface area contributed by atoms with Gasteiger partial charge in [-0.05, 0) is 76.5 Å². The summed E-state index contributed by atoms with van der Waals surface area (Å²) in [6.07, 6.45) is 32.1. The summed E-state index contributed by atoms with van der Waals surface area (Å²) in [5.74, 6) is -1.48. The summed E-state index contributed by atoms with van der Waals surface area (Å²) in [7, 11) is -4.45. The number of rotatable bonds is 34. The van der Waals surface area contributed by atoms with Crippen LogP contribution in [0.2, 0.25) is 0 Å². The number of phosphoric acid groups is 1. The van der Waals surface area contributed by atoms with Gasteiger partial charge in [0, 0.05) is 31.7 Å². The largest absolute Gasteiger partial charge is 0.472 e. The monoisotopic (exact) mass is 811 g/mol. The van der Waals surface area contributed by atoms with Crippen molar-refractivity contribution in [1.82, 2.24) is 0 Å². The molecule has 7 atom stereocenters. The number of ether oxygens (including phenoxy) is 2. The molecule has 0 saturated heterocycles. The highest BCUT2D eigenvalue weighted by Gasteiger charge is 2.39. The van der Waals surface area contributed by atoms with Gasteiger partial charge in [-0.3, -0.25) is 18.6 Å². The number of unbranched alkanes of at least 4 members (excludes halogenated alkanes) is 8. The second-order valence-electron chi connectivity index (χ2n) is 14.5. The third kappa shape index (κ3) is 27.3. The van der Waals surface area contributed by atoms with Crippen molar-refractivity contribution in [3.05, 3.63) is 60.8 Å². The minimum Gasteiger partial charge on any atom is -0.462 e. The molecule has 1 unspecified atom stereocenters. The highest BCUT2D eigenvalue weighted by Crippen LogP contribution is 2.43. The molecule has 0 heterocycles. The Labute approximate surface area is 336 Å². The minimum absolute atomic E-state index is 0.00958. The molecule has 0 aliphatic heterocycles. The Balaban J connectivity index is 2.47. The van der Waals surface area contributed by atoms with Crippen molar-refractivity contribution < 1.29 is 52.9 Å². The number of allylic oxidation sites excluding steroid dienone is 8. The summed E-state index contributed by atoms with van der Waals surface area (Å²) in [5.41, 5.74) is 5.33. The zero-order valence-electron chi connectivity index (χ0n) is 34.2. The lowest BCUT2D eigenvalue weighted by atomic mass is 9.89. The van der Waals surface area contributed by atoms with Crippen LogP contribution < -0.4 is 5.73 Å². The summed E-state index contributed by atoms with van der Waals surface area (Å²) >= 11 is 0. The Bertz CT molecular complexity index is 1220. The summed E-state index contributed by atoms with van der Waals surface area (Å²) in [4.78, 5) is 35.0. The van der Waals surface area contributed by atoms with Gasteiger partial charge in [0.05, 0.1) is 31.5 Å². The van der Waals surface area contributed by atoms with Gasteiger partial charge in [0.15, 0.2) is 6.10 Å². The van der Waals surface area contributed by atoms with Crippen molar-refractivity contribution in [2.45, 2.75) is 160 Å². The number of carbonyl (C=O) groups is 2. The van der Waals surface area contributed by atoms with Crippen LogP contribution in [0.25, 0.3) is 0 Å². The van der Waals surface area contributed by atoms with Gasteiger partial charge in [0.2, 0.25) is 0 Å². The van der Waals surface area contributed by atoms with E-state index < -0.39 is 50.8 Å². The second kappa shape index (κ2) is 33.6. The molecule has 1 fully saturated rings. The smallest absolute Gasteiger partial charge is 0.462 e. The van der Waals surface area contributed by atoms with Gasteiger partial charge in [0.1, 0.15) is 6.61 Å². The standard InChI is InChI=1S/C43H74NO11P/c1-3-5-7-8-9-10-11-12-13-14-15-16-17-18-24-28-43(49)55-37(35-54-56(50,51)53-32-31-44)34-52-42(48)27-23-20-19-22-26-38-39(41(47)33-40(38)46)30-29-36(45)25-21-6-4-2/h9-10,12-13,15-16,19,22,29-30,36-41,45-47H,3-8,11,14,17-18,20-21,23-28,31-35,44H2,1-2H3,(H,50,51)/b10-9-,13-12-,16-15-,22-19+,30-29+/t36-,37+,38+,39+,40-,41+/m0/s1. The number of carbonyl (C=O) groups excluding carboxylic acids is 2. The molecule has 12 nitrogen and oxygen atoms in total. The van der Waals surface area contributed by atoms with E-state index in [4.69, 9.17) is 24.3 Å². The number of nitrogens with two attached hydrogens (primary N) is 1. The van der Waals surface area contributed by atoms with Crippen molar-refractivity contribution in [3.63, 3.8) is 0 Å². The fraction of sp³-hybridized carbons (Fsp3) is 0.721. The third-order valence-electron chi connectivity index (χ3n) is 9.45. The van der Waals surface area contributed by atoms with Crippen LogP contribution >= 0.6 is 7.82 Å². The fourth-order valence-corrected chi connectivity index (χ4v) is 6.99. The van der Waals surface area contributed by atoms with Crippen molar-refractivity contribution in [2.75, 3.05) is 26.4 Å². The van der Waals surface area contributed by atoms with E-state index >= 15 is 0 Å². The molecule has 13 heteroatoms. The molecule has 0 radical (unpaired) electrons. The number of aliphatic hydroxyl groups is 3. The Hall–Kier alpha value is -2.41. The van der Waals surface area contributed by atoms with E-state index in [0.717, 1.165) is 51.4 Å². The average molecular weight is 812 g/mol. The van der Waals surface area contributed by atoms with Crippen molar-refractivity contribution >= 4 is 19.8 Å². The predicted octanol–water partition coefficient (Wildman–Crippen LogP) is 8.10. The molecule has 1 aliphatic rings. The molecular weight excluding hydrogens is 737 g/mol. The van der Waals surface area contributed by atoms with Gasteiger partial charge >= 0.3 is 19.8 Å². The number of hydrogen-bond acceptors (Lipinski definition) is 11. The van der Waals surface area contributed by atoms with Gasteiger partial charge < -0.3 is 35.4 Å². The van der Waals surface area contributed by atoms with Gasteiger partial charge in [-0.2, -0.15) is 0 Å². The maximum absolute atomic E-state index is 12.6. The lowest BCUT2D eigenvalue weighted by Crippen LogP contribution is -2.29. The molecule has 0 aromatic heterocycles. The van der Waals surface area contributed by atoms with E-state index in [1.54, 1.807) is 6.08 Å². The molecular formula is C43H74NO11P. The minimum atomic E-state index is -4.45. The SMILES string of the molecule is CCCCC/C=C\C/C=C\C/C=C\CCCCC(=O)O[C@H](COC(=O)CCC/C=C/C[C@@H]1[C@@H](/C=C/[C@@H](O)CCCCC)[C@H](O)C[C@@H]1O)COP(=O)(O)OCCN. The van der Waals surface area contributed by atoms with Crippen LogP contribution in [0.5, 0.6) is 0 Å². The zero-order chi connectivity index (χ0) is 41.3. The summed E-state index contributed by atoms with van der Waals surface area (Å²) < 4.78 is 32.7. The van der Waals surface area contributed by atoms with E-state index in [1.807, 2.05) is 18.2 Å². The zero-order valence-corrected chi connectivity index (χ0v) is 35.1. The Kier molecular flexibility index (Phi) is 30.9. The maximum Gasteiger partial charge on any atom is 0.472 e. The molecule has 0 spiro atoms. The number of esters is 2. The molecule has 0 bridgehead atoms. The van der Waals surface area contributed by atoms with Crippen LogP contribution in [-0.2, 0) is 32.7 Å². The molecule has 0 aromatic rings. The highest BCUT2D eigenvalue weighted by molar-refractivity contribution is 7.47. The maximum atomic E-state index is 12.6. The lowest BCUT2D eigenvalue weighted by Gasteiger charge is -2.20. The predicted molar refractivity (Wildman–Crippen MR) is 221 cm³/mol. The first-order valence-corrected chi connectivity index (χ1v) is 22.5. The summed E-state index contributed by atoms with van der Waals surface area (Å²) in [5, 5.41) is 31.2. The van der Waals surface area contributed by atoms with Crippen LogP contribution in [-0.4, -0.2) is 82.9 Å². The van der Waals surface area contributed by atoms with E-state index in [1.165, 1.54) is 19.3 Å². The number of phosphoric ester groups is 1. The molecule has 0 amide bonds. The van der Waals surface area contributed by atoms with E-state index in [-0.39, 0.29) is 50.9 Å². The molecule has 0 aromatic carbocycles. The van der Waals surface area contributed by atoms with Crippen molar-refractivity contribution in [2.24, 2.45) is 17.6 Å². The van der Waals surface area contributed by atoms with Gasteiger partial charge in [0.25, 0.3) is 0 Å². The first-order chi connectivity index (χ1) is 27.0. The first kappa shape index (κ1) is 51.6. The molecule has 56 heavy (non-hydrogen) atoms. The summed E-state index contributed by atoms with van der Waals surface area (Å²) in [6.45, 7) is 3.25. The van der Waals surface area contributed by atoms with Crippen molar-refractivity contribution in [1.29, 1.82) is 0 Å². The number of aliphatic hydroxyl groups excluding tert-OH is 3. The van der Waals surface area contributed by atoms with Gasteiger partial charge in [-0.25, -0.2) is 4.57 Å². The first-order valence-electron chi connectivity index (χ1n) is 21.0. The molecule has 1 saturated carbocycles. The Morgan fingerprint density at radius 2 is 1.38 bits per heavy atom. The third-order valence-corrected chi connectivity index (χ3v) is 10.4. The molecule has 1 aliphatic carbocycles. The molecule has 1 rings (SSSR count). The Morgan fingerprint density at radius 1 is 0.768 bits per heavy atom. The van der Waals surface area contributed by atoms with Crippen LogP contribution in [0.4, 0.5) is 0 Å².